The highest BCUT2D eigenvalue weighted by Crippen LogP contribution is 2.08. The quantitative estimate of drug-likeness (QED) is 0.818. The molecule has 0 fully saturated rings. The van der Waals surface area contributed by atoms with Gasteiger partial charge in [-0.15, -0.1) is 0 Å². The molecule has 17 heavy (non-hydrogen) atoms. The largest absolute Gasteiger partial charge is 0.470 e. The molecule has 2 rings (SSSR count). The average Bonchev–Trinajstić information content (AvgIpc) is 2.77. The van der Waals surface area contributed by atoms with Gasteiger partial charge in [-0.3, -0.25) is 4.98 Å². The molecule has 0 bridgehead atoms. The molecule has 0 atom stereocenters. The number of aromatic nitrogens is 3. The highest BCUT2D eigenvalue weighted by molar-refractivity contribution is 5.08. The molecular weight excluding hydrogens is 218 g/mol. The minimum atomic E-state index is 0.342. The lowest BCUT2D eigenvalue weighted by Crippen LogP contribution is -1.98. The summed E-state index contributed by atoms with van der Waals surface area (Å²) in [6.07, 6.45) is 3.24. The molecule has 5 nitrogen and oxygen atoms in total. The Labute approximate surface area is 101 Å². The third-order valence-corrected chi connectivity index (χ3v) is 1.80. The van der Waals surface area contributed by atoms with Crippen LogP contribution in [-0.4, -0.2) is 15.1 Å². The molecule has 5 heteroatoms. The maximum absolute atomic E-state index is 5.36. The van der Waals surface area contributed by atoms with Crippen molar-refractivity contribution in [2.24, 2.45) is 0 Å². The number of aryl methyl sites for hydroxylation is 2. The first-order valence-corrected chi connectivity index (χ1v) is 5.57. The standard InChI is InChI=1S/C10H11N3O2.C2H6/c1-7-4-12-10(5-11-7)14-6-9-3-8(2)15-13-9;1-2/h3-5H,6H2,1-2H3;1-2H3. The molecule has 0 aliphatic carbocycles. The monoisotopic (exact) mass is 235 g/mol. The zero-order valence-corrected chi connectivity index (χ0v) is 10.6. The zero-order chi connectivity index (χ0) is 12.7. The van der Waals surface area contributed by atoms with Crippen molar-refractivity contribution in [3.8, 4) is 5.88 Å². The zero-order valence-electron chi connectivity index (χ0n) is 10.6. The van der Waals surface area contributed by atoms with Crippen molar-refractivity contribution in [1.29, 1.82) is 0 Å². The molecule has 2 heterocycles. The predicted octanol–water partition coefficient (Wildman–Crippen LogP) is 2.69. The van der Waals surface area contributed by atoms with Gasteiger partial charge in [0.1, 0.15) is 18.1 Å². The Bertz CT molecular complexity index is 437. The molecule has 0 saturated carbocycles. The van der Waals surface area contributed by atoms with Gasteiger partial charge >= 0.3 is 0 Å². The Morgan fingerprint density at radius 1 is 1.18 bits per heavy atom. The Kier molecular flexibility index (Phi) is 5.13. The van der Waals surface area contributed by atoms with E-state index in [0.29, 0.717) is 12.5 Å². The first-order valence-electron chi connectivity index (χ1n) is 5.57. The van der Waals surface area contributed by atoms with Crippen molar-refractivity contribution in [2.45, 2.75) is 34.3 Å². The number of ether oxygens (including phenoxy) is 1. The van der Waals surface area contributed by atoms with Crippen molar-refractivity contribution in [3.05, 3.63) is 35.6 Å². The van der Waals surface area contributed by atoms with E-state index in [4.69, 9.17) is 9.26 Å². The predicted molar refractivity (Wildman–Crippen MR) is 63.7 cm³/mol. The summed E-state index contributed by atoms with van der Waals surface area (Å²) in [7, 11) is 0. The lowest BCUT2D eigenvalue weighted by molar-refractivity contribution is 0.276. The Hall–Kier alpha value is -1.91. The first-order chi connectivity index (χ1) is 8.24. The fourth-order valence-corrected chi connectivity index (χ4v) is 1.09. The molecule has 0 saturated heterocycles. The smallest absolute Gasteiger partial charge is 0.232 e. The number of hydrogen-bond acceptors (Lipinski definition) is 5. The van der Waals surface area contributed by atoms with E-state index in [1.54, 1.807) is 12.4 Å². The van der Waals surface area contributed by atoms with Crippen LogP contribution in [0, 0.1) is 13.8 Å². The van der Waals surface area contributed by atoms with Gasteiger partial charge in [0, 0.05) is 6.07 Å². The Morgan fingerprint density at radius 3 is 2.47 bits per heavy atom. The third kappa shape index (κ3) is 4.22. The minimum Gasteiger partial charge on any atom is -0.470 e. The molecule has 2 aromatic rings. The van der Waals surface area contributed by atoms with Crippen LogP contribution < -0.4 is 4.74 Å². The van der Waals surface area contributed by atoms with Crippen LogP contribution in [0.25, 0.3) is 0 Å². The molecule has 0 aliphatic heterocycles. The van der Waals surface area contributed by atoms with Gasteiger partial charge in [-0.05, 0) is 13.8 Å². The van der Waals surface area contributed by atoms with Crippen LogP contribution >= 0.6 is 0 Å². The molecule has 0 amide bonds. The van der Waals surface area contributed by atoms with Crippen LogP contribution in [0.3, 0.4) is 0 Å². The molecular formula is C12H17N3O2. The van der Waals surface area contributed by atoms with E-state index < -0.39 is 0 Å². The average molecular weight is 235 g/mol. The summed E-state index contributed by atoms with van der Waals surface area (Å²) < 4.78 is 10.3. The van der Waals surface area contributed by atoms with Gasteiger partial charge in [0.05, 0.1) is 18.1 Å². The van der Waals surface area contributed by atoms with E-state index in [1.807, 2.05) is 33.8 Å². The second kappa shape index (κ2) is 6.62. The maximum atomic E-state index is 5.36. The summed E-state index contributed by atoms with van der Waals surface area (Å²) >= 11 is 0. The van der Waals surface area contributed by atoms with Crippen molar-refractivity contribution in [3.63, 3.8) is 0 Å². The summed E-state index contributed by atoms with van der Waals surface area (Å²) in [5.41, 5.74) is 1.61. The molecule has 0 aromatic carbocycles. The van der Waals surface area contributed by atoms with Gasteiger partial charge in [0.15, 0.2) is 0 Å². The third-order valence-electron chi connectivity index (χ3n) is 1.80. The van der Waals surface area contributed by atoms with Crippen LogP contribution in [0.5, 0.6) is 5.88 Å². The summed E-state index contributed by atoms with van der Waals surface area (Å²) in [5, 5.41) is 3.80. The fourth-order valence-electron chi connectivity index (χ4n) is 1.09. The van der Waals surface area contributed by atoms with Crippen molar-refractivity contribution < 1.29 is 9.26 Å². The number of hydrogen-bond donors (Lipinski definition) is 0. The fraction of sp³-hybridized carbons (Fsp3) is 0.417. The van der Waals surface area contributed by atoms with Crippen molar-refractivity contribution >= 4 is 0 Å². The Morgan fingerprint density at radius 2 is 1.94 bits per heavy atom. The Balaban J connectivity index is 0.000000686. The highest BCUT2D eigenvalue weighted by Gasteiger charge is 2.02. The highest BCUT2D eigenvalue weighted by atomic mass is 16.5. The van der Waals surface area contributed by atoms with Gasteiger partial charge in [0.25, 0.3) is 0 Å². The molecule has 0 spiro atoms. The van der Waals surface area contributed by atoms with Crippen LogP contribution in [0.2, 0.25) is 0 Å². The van der Waals surface area contributed by atoms with Crippen molar-refractivity contribution in [1.82, 2.24) is 15.1 Å². The molecule has 92 valence electrons. The normalized spacial score (nSPS) is 9.41. The number of nitrogens with zero attached hydrogens (tertiary/aromatic N) is 3. The SMILES string of the molecule is CC.Cc1cnc(OCc2cc(C)on2)cn1. The van der Waals surface area contributed by atoms with Crippen LogP contribution in [-0.2, 0) is 6.61 Å². The van der Waals surface area contributed by atoms with Crippen molar-refractivity contribution in [2.75, 3.05) is 0 Å². The number of rotatable bonds is 3. The van der Waals surface area contributed by atoms with Gasteiger partial charge in [0.2, 0.25) is 5.88 Å². The van der Waals surface area contributed by atoms with Crippen LogP contribution in [0.4, 0.5) is 0 Å². The van der Waals surface area contributed by atoms with Gasteiger partial charge < -0.3 is 9.26 Å². The van der Waals surface area contributed by atoms with E-state index in [-0.39, 0.29) is 0 Å². The summed E-state index contributed by atoms with van der Waals surface area (Å²) in [6, 6.07) is 1.82. The van der Waals surface area contributed by atoms with E-state index in [9.17, 15) is 0 Å². The van der Waals surface area contributed by atoms with Crippen LogP contribution in [0.1, 0.15) is 31.0 Å². The lowest BCUT2D eigenvalue weighted by Gasteiger charge is -2.01. The molecule has 0 aliphatic rings. The lowest BCUT2D eigenvalue weighted by atomic mass is 10.4. The van der Waals surface area contributed by atoms with Gasteiger partial charge in [-0.1, -0.05) is 19.0 Å². The van der Waals surface area contributed by atoms with Gasteiger partial charge in [-0.25, -0.2) is 4.98 Å². The molecule has 0 unspecified atom stereocenters. The van der Waals surface area contributed by atoms with Gasteiger partial charge in [-0.2, -0.15) is 0 Å². The first kappa shape index (κ1) is 13.2. The van der Waals surface area contributed by atoms with E-state index in [1.165, 1.54) is 0 Å². The summed E-state index contributed by atoms with van der Waals surface area (Å²) in [5.74, 6) is 1.25. The molecule has 2 aromatic heterocycles. The molecule has 0 N–H and O–H groups in total. The molecule has 0 radical (unpaired) electrons. The van der Waals surface area contributed by atoms with E-state index in [2.05, 4.69) is 15.1 Å². The van der Waals surface area contributed by atoms with E-state index >= 15 is 0 Å². The summed E-state index contributed by atoms with van der Waals surface area (Å²) in [6.45, 7) is 8.05. The summed E-state index contributed by atoms with van der Waals surface area (Å²) in [4.78, 5) is 8.12. The van der Waals surface area contributed by atoms with E-state index in [0.717, 1.165) is 17.1 Å². The minimum absolute atomic E-state index is 0.342. The topological polar surface area (TPSA) is 61.0 Å². The maximum Gasteiger partial charge on any atom is 0.232 e. The second-order valence-electron chi connectivity index (χ2n) is 3.21. The second-order valence-corrected chi connectivity index (χ2v) is 3.21. The van der Waals surface area contributed by atoms with Crippen LogP contribution in [0.15, 0.2) is 23.0 Å².